The van der Waals surface area contributed by atoms with E-state index < -0.39 is 39.1 Å². The summed E-state index contributed by atoms with van der Waals surface area (Å²) in [6.45, 7) is 3.67. The minimum absolute atomic E-state index is 0.0799. The van der Waals surface area contributed by atoms with Crippen molar-refractivity contribution in [3.8, 4) is 0 Å². The summed E-state index contributed by atoms with van der Waals surface area (Å²) in [5, 5.41) is 0. The van der Waals surface area contributed by atoms with Gasteiger partial charge in [0.05, 0.1) is 16.0 Å². The van der Waals surface area contributed by atoms with E-state index in [2.05, 4.69) is 0 Å². The van der Waals surface area contributed by atoms with E-state index in [1.54, 1.807) is 13.8 Å². The molecule has 0 aliphatic carbocycles. The first kappa shape index (κ1) is 23.8. The summed E-state index contributed by atoms with van der Waals surface area (Å²) in [5.41, 5.74) is -0.843. The molecule has 0 saturated carbocycles. The molecule has 0 radical (unpaired) electrons. The number of rotatable bonds is 7. The minimum Gasteiger partial charge on any atom is -0.337 e. The average molecular weight is 446 g/mol. The van der Waals surface area contributed by atoms with E-state index in [0.717, 1.165) is 35.2 Å². The van der Waals surface area contributed by atoms with Crippen LogP contribution in [0.5, 0.6) is 0 Å². The first-order valence-corrected chi connectivity index (χ1v) is 10.6. The highest BCUT2D eigenvalue weighted by atomic mass is 32.2. The highest BCUT2D eigenvalue weighted by Crippen LogP contribution is 2.29. The largest absolute Gasteiger partial charge is 0.416 e. The molecule has 0 heterocycles. The molecule has 0 fully saturated rings. The zero-order chi connectivity index (χ0) is 22.7. The van der Waals surface area contributed by atoms with Gasteiger partial charge in [-0.15, -0.1) is 0 Å². The van der Waals surface area contributed by atoms with Crippen LogP contribution in [0.15, 0.2) is 47.4 Å². The molecule has 0 aromatic heterocycles. The number of carbonyl (C=O) groups is 1. The lowest BCUT2D eigenvalue weighted by Crippen LogP contribution is -2.31. The standard InChI is InChI=1S/C20H22F4N2O3S/c1-4-26(5-2)30(28,29)16-10-11-18(21)17(12-16)19(27)25(3)13-14-6-8-15(9-7-14)20(22,23)24/h6-12H,4-5,13H2,1-3H3. The Kier molecular flexibility index (Phi) is 7.25. The third-order valence-corrected chi connectivity index (χ3v) is 6.61. The van der Waals surface area contributed by atoms with Gasteiger partial charge in [-0.3, -0.25) is 4.79 Å². The van der Waals surface area contributed by atoms with Gasteiger partial charge >= 0.3 is 6.18 Å². The molecule has 0 atom stereocenters. The molecule has 0 saturated heterocycles. The van der Waals surface area contributed by atoms with E-state index in [4.69, 9.17) is 0 Å². The molecule has 2 rings (SSSR count). The predicted molar refractivity (Wildman–Crippen MR) is 104 cm³/mol. The van der Waals surface area contributed by atoms with Gasteiger partial charge in [-0.05, 0) is 35.9 Å². The second kappa shape index (κ2) is 9.13. The summed E-state index contributed by atoms with van der Waals surface area (Å²) in [7, 11) is -2.54. The Morgan fingerprint density at radius 1 is 1.00 bits per heavy atom. The van der Waals surface area contributed by atoms with Crippen LogP contribution < -0.4 is 0 Å². The number of carbonyl (C=O) groups excluding carboxylic acids is 1. The molecule has 30 heavy (non-hydrogen) atoms. The fourth-order valence-electron chi connectivity index (χ4n) is 2.89. The van der Waals surface area contributed by atoms with E-state index >= 15 is 0 Å². The Balaban J connectivity index is 2.27. The zero-order valence-electron chi connectivity index (χ0n) is 16.7. The van der Waals surface area contributed by atoms with Crippen LogP contribution in [0.4, 0.5) is 17.6 Å². The van der Waals surface area contributed by atoms with Crippen molar-refractivity contribution in [2.24, 2.45) is 0 Å². The topological polar surface area (TPSA) is 57.7 Å². The quantitative estimate of drug-likeness (QED) is 0.601. The first-order valence-electron chi connectivity index (χ1n) is 9.13. The van der Waals surface area contributed by atoms with Crippen LogP contribution in [0.25, 0.3) is 0 Å². The summed E-state index contributed by atoms with van der Waals surface area (Å²) in [5.74, 6) is -1.68. The highest BCUT2D eigenvalue weighted by Gasteiger charge is 2.30. The molecule has 2 aromatic rings. The second-order valence-electron chi connectivity index (χ2n) is 6.59. The maximum Gasteiger partial charge on any atom is 0.416 e. The smallest absolute Gasteiger partial charge is 0.337 e. The van der Waals surface area contributed by atoms with Gasteiger partial charge in [-0.2, -0.15) is 17.5 Å². The number of benzene rings is 2. The summed E-state index contributed by atoms with van der Waals surface area (Å²) in [6, 6.07) is 7.23. The molecule has 0 N–H and O–H groups in total. The molecule has 1 amide bonds. The van der Waals surface area contributed by atoms with Crippen LogP contribution in [0.2, 0.25) is 0 Å². The van der Waals surface area contributed by atoms with Crippen molar-refractivity contribution >= 4 is 15.9 Å². The van der Waals surface area contributed by atoms with Gasteiger partial charge < -0.3 is 4.90 Å². The Bertz CT molecular complexity index is 1000. The summed E-state index contributed by atoms with van der Waals surface area (Å²) < 4.78 is 78.7. The van der Waals surface area contributed by atoms with Crippen LogP contribution in [0.3, 0.4) is 0 Å². The van der Waals surface area contributed by atoms with Crippen LogP contribution in [-0.2, 0) is 22.7 Å². The van der Waals surface area contributed by atoms with Crippen LogP contribution >= 0.6 is 0 Å². The van der Waals surface area contributed by atoms with Crippen LogP contribution in [0, 0.1) is 5.82 Å². The average Bonchev–Trinajstić information content (AvgIpc) is 2.68. The van der Waals surface area contributed by atoms with Crippen molar-refractivity contribution in [1.82, 2.24) is 9.21 Å². The first-order chi connectivity index (χ1) is 13.9. The summed E-state index contributed by atoms with van der Waals surface area (Å²) >= 11 is 0. The third kappa shape index (κ3) is 5.17. The van der Waals surface area contributed by atoms with Gasteiger partial charge in [0.1, 0.15) is 5.82 Å². The summed E-state index contributed by atoms with van der Waals surface area (Å²) in [6.07, 6.45) is -4.47. The van der Waals surface area contributed by atoms with Gasteiger partial charge in [-0.25, -0.2) is 12.8 Å². The number of hydrogen-bond donors (Lipinski definition) is 0. The monoisotopic (exact) mass is 446 g/mol. The van der Waals surface area contributed by atoms with Gasteiger partial charge in [-0.1, -0.05) is 26.0 Å². The van der Waals surface area contributed by atoms with E-state index in [1.165, 1.54) is 23.5 Å². The van der Waals surface area contributed by atoms with Crippen molar-refractivity contribution in [3.63, 3.8) is 0 Å². The molecular weight excluding hydrogens is 424 g/mol. The fourth-order valence-corrected chi connectivity index (χ4v) is 4.38. The highest BCUT2D eigenvalue weighted by molar-refractivity contribution is 7.89. The van der Waals surface area contributed by atoms with Crippen molar-refractivity contribution in [3.05, 3.63) is 65.0 Å². The lowest BCUT2D eigenvalue weighted by atomic mass is 10.1. The lowest BCUT2D eigenvalue weighted by molar-refractivity contribution is -0.137. The molecule has 0 aliphatic heterocycles. The van der Waals surface area contributed by atoms with Crippen molar-refractivity contribution in [1.29, 1.82) is 0 Å². The van der Waals surface area contributed by atoms with Gasteiger partial charge in [0.25, 0.3) is 5.91 Å². The Hall–Kier alpha value is -2.46. The fraction of sp³-hybridized carbons (Fsp3) is 0.350. The van der Waals surface area contributed by atoms with E-state index in [1.807, 2.05) is 0 Å². The number of nitrogens with zero attached hydrogens (tertiary/aromatic N) is 2. The molecule has 10 heteroatoms. The van der Waals surface area contributed by atoms with Gasteiger partial charge in [0.2, 0.25) is 10.0 Å². The third-order valence-electron chi connectivity index (χ3n) is 4.56. The maximum atomic E-state index is 14.3. The van der Waals surface area contributed by atoms with E-state index in [-0.39, 0.29) is 24.5 Å². The number of alkyl halides is 3. The molecule has 164 valence electrons. The number of hydrogen-bond acceptors (Lipinski definition) is 3. The minimum atomic E-state index is -4.47. The van der Waals surface area contributed by atoms with Gasteiger partial charge in [0.15, 0.2) is 0 Å². The molecular formula is C20H22F4N2O3S. The van der Waals surface area contributed by atoms with E-state index in [9.17, 15) is 30.8 Å². The zero-order valence-corrected chi connectivity index (χ0v) is 17.5. The maximum absolute atomic E-state index is 14.3. The van der Waals surface area contributed by atoms with Crippen molar-refractivity contribution < 1.29 is 30.8 Å². The van der Waals surface area contributed by atoms with Crippen molar-refractivity contribution in [2.45, 2.75) is 31.5 Å². The molecule has 5 nitrogen and oxygen atoms in total. The second-order valence-corrected chi connectivity index (χ2v) is 8.52. The van der Waals surface area contributed by atoms with E-state index in [0.29, 0.717) is 5.56 Å². The molecule has 2 aromatic carbocycles. The Labute approximate surface area is 173 Å². The lowest BCUT2D eigenvalue weighted by Gasteiger charge is -2.21. The van der Waals surface area contributed by atoms with Gasteiger partial charge in [0, 0.05) is 26.7 Å². The Morgan fingerprint density at radius 3 is 2.07 bits per heavy atom. The number of halogens is 4. The molecule has 0 unspecified atom stereocenters. The molecule has 0 aliphatic rings. The predicted octanol–water partition coefficient (Wildman–Crippen LogP) is 4.15. The Morgan fingerprint density at radius 2 is 1.57 bits per heavy atom. The SMILES string of the molecule is CCN(CC)S(=O)(=O)c1ccc(F)c(C(=O)N(C)Cc2ccc(C(F)(F)F)cc2)c1. The molecule has 0 bridgehead atoms. The van der Waals surface area contributed by atoms with Crippen molar-refractivity contribution in [2.75, 3.05) is 20.1 Å². The number of amides is 1. The molecule has 0 spiro atoms. The normalized spacial score (nSPS) is 12.3. The van der Waals surface area contributed by atoms with Crippen LogP contribution in [-0.4, -0.2) is 43.7 Å². The summed E-state index contributed by atoms with van der Waals surface area (Å²) in [4.78, 5) is 13.6. The van der Waals surface area contributed by atoms with Crippen LogP contribution in [0.1, 0.15) is 35.3 Å². The number of sulfonamides is 1.